The minimum atomic E-state index is 0.453. The number of thiocarbonyl (C=S) groups is 1. The first kappa shape index (κ1) is 12.5. The summed E-state index contributed by atoms with van der Waals surface area (Å²) < 4.78 is 0. The Labute approximate surface area is 101 Å². The predicted molar refractivity (Wildman–Crippen MR) is 70.4 cm³/mol. The molecule has 1 rings (SSSR count). The van der Waals surface area contributed by atoms with Gasteiger partial charge in [-0.25, -0.2) is 0 Å². The molecule has 0 radical (unpaired) electrons. The van der Waals surface area contributed by atoms with Gasteiger partial charge in [-0.15, -0.1) is 0 Å². The number of nitrogens with zero attached hydrogens (tertiary/aromatic N) is 1. The summed E-state index contributed by atoms with van der Waals surface area (Å²) in [4.78, 5) is 0. The van der Waals surface area contributed by atoms with Crippen LogP contribution in [0.2, 0.25) is 0 Å². The molecule has 1 aromatic rings. The van der Waals surface area contributed by atoms with E-state index in [0.717, 1.165) is 5.69 Å². The standard InChI is InChI=1S/C12H15N3S/c1-9-6-10(2)8-11(7-9)15-12(16)14-5-3-4-13/h6-8H,3,5H2,1-2H3,(H2,14,15,16). The Hall–Kier alpha value is -1.60. The number of rotatable bonds is 3. The molecule has 0 aliphatic heterocycles. The van der Waals surface area contributed by atoms with Crippen LogP contribution in [0, 0.1) is 25.2 Å². The fourth-order valence-electron chi connectivity index (χ4n) is 1.45. The molecule has 0 aromatic heterocycles. The predicted octanol–water partition coefficient (Wildman–Crippen LogP) is 2.50. The van der Waals surface area contributed by atoms with Crippen molar-refractivity contribution in [2.24, 2.45) is 0 Å². The van der Waals surface area contributed by atoms with E-state index in [1.807, 2.05) is 26.0 Å². The highest BCUT2D eigenvalue weighted by Crippen LogP contribution is 2.13. The third kappa shape index (κ3) is 4.28. The average molecular weight is 233 g/mol. The number of anilines is 1. The highest BCUT2D eigenvalue weighted by molar-refractivity contribution is 7.80. The molecule has 0 bridgehead atoms. The van der Waals surface area contributed by atoms with E-state index >= 15 is 0 Å². The van der Waals surface area contributed by atoms with Crippen molar-refractivity contribution in [3.05, 3.63) is 29.3 Å². The van der Waals surface area contributed by atoms with Crippen LogP contribution in [-0.4, -0.2) is 11.7 Å². The summed E-state index contributed by atoms with van der Waals surface area (Å²) in [6.45, 7) is 4.67. The van der Waals surface area contributed by atoms with Crippen LogP contribution >= 0.6 is 12.2 Å². The fourth-order valence-corrected chi connectivity index (χ4v) is 1.67. The van der Waals surface area contributed by atoms with Gasteiger partial charge in [-0.2, -0.15) is 5.26 Å². The Bertz CT molecular complexity index is 401. The van der Waals surface area contributed by atoms with Crippen molar-refractivity contribution in [3.8, 4) is 6.07 Å². The SMILES string of the molecule is Cc1cc(C)cc(NC(=S)NCCC#N)c1. The van der Waals surface area contributed by atoms with Gasteiger partial charge in [0.15, 0.2) is 5.11 Å². The van der Waals surface area contributed by atoms with Crippen LogP contribution < -0.4 is 10.6 Å². The normalized spacial score (nSPS) is 9.31. The van der Waals surface area contributed by atoms with Crippen molar-refractivity contribution >= 4 is 23.0 Å². The Morgan fingerprint density at radius 3 is 2.50 bits per heavy atom. The van der Waals surface area contributed by atoms with Crippen LogP contribution in [0.4, 0.5) is 5.69 Å². The third-order valence-corrected chi connectivity index (χ3v) is 2.25. The van der Waals surface area contributed by atoms with Gasteiger partial charge in [-0.1, -0.05) is 6.07 Å². The molecule has 0 amide bonds. The smallest absolute Gasteiger partial charge is 0.170 e. The molecule has 16 heavy (non-hydrogen) atoms. The Balaban J connectivity index is 2.53. The topological polar surface area (TPSA) is 47.8 Å². The van der Waals surface area contributed by atoms with Gasteiger partial charge < -0.3 is 10.6 Å². The van der Waals surface area contributed by atoms with Gasteiger partial charge in [0.2, 0.25) is 0 Å². The van der Waals surface area contributed by atoms with Gasteiger partial charge in [-0.3, -0.25) is 0 Å². The van der Waals surface area contributed by atoms with Crippen LogP contribution in [0.25, 0.3) is 0 Å². The minimum Gasteiger partial charge on any atom is -0.361 e. The minimum absolute atomic E-state index is 0.453. The zero-order valence-electron chi connectivity index (χ0n) is 9.50. The molecule has 0 saturated heterocycles. The molecule has 0 spiro atoms. The lowest BCUT2D eigenvalue weighted by molar-refractivity contribution is 0.905. The van der Waals surface area contributed by atoms with Crippen LogP contribution in [0.5, 0.6) is 0 Å². The highest BCUT2D eigenvalue weighted by atomic mass is 32.1. The van der Waals surface area contributed by atoms with Crippen LogP contribution in [0.1, 0.15) is 17.5 Å². The lowest BCUT2D eigenvalue weighted by atomic mass is 10.1. The number of aryl methyl sites for hydroxylation is 2. The quantitative estimate of drug-likeness (QED) is 0.622. The molecular formula is C12H15N3S. The maximum atomic E-state index is 8.39. The molecule has 0 unspecified atom stereocenters. The first-order chi connectivity index (χ1) is 7.61. The number of nitrogens with one attached hydrogen (secondary N) is 2. The summed E-state index contributed by atoms with van der Waals surface area (Å²) in [5.41, 5.74) is 3.37. The number of nitriles is 1. The number of hydrogen-bond acceptors (Lipinski definition) is 2. The van der Waals surface area contributed by atoms with E-state index in [9.17, 15) is 0 Å². The monoisotopic (exact) mass is 233 g/mol. The third-order valence-electron chi connectivity index (χ3n) is 2.00. The summed E-state index contributed by atoms with van der Waals surface area (Å²) in [7, 11) is 0. The summed E-state index contributed by atoms with van der Waals surface area (Å²) >= 11 is 5.10. The maximum absolute atomic E-state index is 8.39. The molecule has 4 heteroatoms. The van der Waals surface area contributed by atoms with Crippen LogP contribution in [0.3, 0.4) is 0 Å². The largest absolute Gasteiger partial charge is 0.361 e. The second kappa shape index (κ2) is 6.09. The zero-order chi connectivity index (χ0) is 12.0. The van der Waals surface area contributed by atoms with Crippen LogP contribution in [-0.2, 0) is 0 Å². The summed E-state index contributed by atoms with van der Waals surface area (Å²) in [6, 6.07) is 8.23. The average Bonchev–Trinajstić information content (AvgIpc) is 2.16. The molecule has 0 saturated carbocycles. The van der Waals surface area contributed by atoms with E-state index in [4.69, 9.17) is 17.5 Å². The lowest BCUT2D eigenvalue weighted by Gasteiger charge is -2.10. The molecule has 0 heterocycles. The van der Waals surface area contributed by atoms with Crippen molar-refractivity contribution in [1.29, 1.82) is 5.26 Å². The first-order valence-electron chi connectivity index (χ1n) is 5.12. The molecular weight excluding hydrogens is 218 g/mol. The summed E-state index contributed by atoms with van der Waals surface area (Å²) in [6.07, 6.45) is 0.453. The highest BCUT2D eigenvalue weighted by Gasteiger charge is 1.98. The van der Waals surface area contributed by atoms with Crippen molar-refractivity contribution in [1.82, 2.24) is 5.32 Å². The van der Waals surface area contributed by atoms with Crippen molar-refractivity contribution in [3.63, 3.8) is 0 Å². The van der Waals surface area contributed by atoms with Gasteiger partial charge in [0.25, 0.3) is 0 Å². The molecule has 0 atom stereocenters. The second-order valence-corrected chi connectivity index (χ2v) is 4.07. The molecule has 2 N–H and O–H groups in total. The molecule has 0 fully saturated rings. The molecule has 0 aliphatic carbocycles. The zero-order valence-corrected chi connectivity index (χ0v) is 10.3. The van der Waals surface area contributed by atoms with E-state index < -0.39 is 0 Å². The lowest BCUT2D eigenvalue weighted by Crippen LogP contribution is -2.29. The van der Waals surface area contributed by atoms with Crippen molar-refractivity contribution < 1.29 is 0 Å². The van der Waals surface area contributed by atoms with E-state index in [1.165, 1.54) is 11.1 Å². The number of hydrogen-bond donors (Lipinski definition) is 2. The summed E-state index contributed by atoms with van der Waals surface area (Å²) in [5.74, 6) is 0. The Kier molecular flexibility index (Phi) is 4.74. The van der Waals surface area contributed by atoms with Gasteiger partial charge >= 0.3 is 0 Å². The summed E-state index contributed by atoms with van der Waals surface area (Å²) in [5, 5.41) is 15.0. The molecule has 84 valence electrons. The maximum Gasteiger partial charge on any atom is 0.170 e. The molecule has 3 nitrogen and oxygen atoms in total. The second-order valence-electron chi connectivity index (χ2n) is 3.67. The van der Waals surface area contributed by atoms with E-state index in [1.54, 1.807) is 0 Å². The first-order valence-corrected chi connectivity index (χ1v) is 5.53. The Morgan fingerprint density at radius 2 is 1.94 bits per heavy atom. The van der Waals surface area contributed by atoms with E-state index in [-0.39, 0.29) is 0 Å². The van der Waals surface area contributed by atoms with E-state index in [0.29, 0.717) is 18.1 Å². The number of benzene rings is 1. The van der Waals surface area contributed by atoms with Crippen molar-refractivity contribution in [2.45, 2.75) is 20.3 Å². The van der Waals surface area contributed by atoms with Crippen LogP contribution in [0.15, 0.2) is 18.2 Å². The molecule has 0 aliphatic rings. The van der Waals surface area contributed by atoms with Crippen molar-refractivity contribution in [2.75, 3.05) is 11.9 Å². The van der Waals surface area contributed by atoms with Gasteiger partial charge in [0.05, 0.1) is 12.5 Å². The Morgan fingerprint density at radius 1 is 1.31 bits per heavy atom. The van der Waals surface area contributed by atoms with Gasteiger partial charge in [0.1, 0.15) is 0 Å². The van der Waals surface area contributed by atoms with Gasteiger partial charge in [0, 0.05) is 12.2 Å². The molecule has 1 aromatic carbocycles. The fraction of sp³-hybridized carbons (Fsp3) is 0.333. The van der Waals surface area contributed by atoms with E-state index in [2.05, 4.69) is 22.8 Å². The van der Waals surface area contributed by atoms with Gasteiger partial charge in [-0.05, 0) is 49.3 Å².